The van der Waals surface area contributed by atoms with E-state index in [4.69, 9.17) is 16.7 Å². The number of ether oxygens (including phenoxy) is 1. The number of sulfonamides is 1. The largest absolute Gasteiger partial charge is 0.467 e. The Bertz CT molecular complexity index is 647. The smallest absolute Gasteiger partial charge is 0.330 e. The second-order valence-electron chi connectivity index (χ2n) is 4.43. The summed E-state index contributed by atoms with van der Waals surface area (Å²) in [6, 6.07) is 4.37. The predicted octanol–water partition coefficient (Wildman–Crippen LogP) is -0.341. The summed E-state index contributed by atoms with van der Waals surface area (Å²) in [6.07, 6.45) is -0.208. The van der Waals surface area contributed by atoms with Crippen molar-refractivity contribution < 1.29 is 27.9 Å². The lowest BCUT2D eigenvalue weighted by Gasteiger charge is -2.14. The van der Waals surface area contributed by atoms with Crippen LogP contribution in [0.2, 0.25) is 5.02 Å². The number of carbonyl (C=O) groups is 2. The van der Waals surface area contributed by atoms with Crippen molar-refractivity contribution >= 4 is 33.5 Å². The van der Waals surface area contributed by atoms with Crippen LogP contribution in [0.15, 0.2) is 29.2 Å². The van der Waals surface area contributed by atoms with Crippen LogP contribution in [0.5, 0.6) is 0 Å². The lowest BCUT2D eigenvalue weighted by Crippen LogP contribution is -2.44. The molecule has 0 aliphatic rings. The van der Waals surface area contributed by atoms with Gasteiger partial charge in [-0.3, -0.25) is 4.79 Å². The van der Waals surface area contributed by atoms with Gasteiger partial charge in [0.05, 0.1) is 18.6 Å². The van der Waals surface area contributed by atoms with Gasteiger partial charge in [0.2, 0.25) is 15.9 Å². The molecule has 1 atom stereocenters. The zero-order chi connectivity index (χ0) is 17.5. The Labute approximate surface area is 138 Å². The molecule has 0 radical (unpaired) electrons. The van der Waals surface area contributed by atoms with Crippen molar-refractivity contribution in [1.82, 2.24) is 10.0 Å². The van der Waals surface area contributed by atoms with Gasteiger partial charge in [0.25, 0.3) is 0 Å². The number of benzene rings is 1. The van der Waals surface area contributed by atoms with Crippen LogP contribution in [-0.4, -0.2) is 51.7 Å². The van der Waals surface area contributed by atoms with Gasteiger partial charge in [0.15, 0.2) is 6.04 Å². The second kappa shape index (κ2) is 8.82. The first-order valence-electron chi connectivity index (χ1n) is 6.53. The van der Waals surface area contributed by atoms with E-state index in [-0.39, 0.29) is 17.9 Å². The molecule has 1 rings (SSSR count). The number of hydrogen-bond acceptors (Lipinski definition) is 6. The van der Waals surface area contributed by atoms with E-state index in [0.29, 0.717) is 5.02 Å². The van der Waals surface area contributed by atoms with Crippen molar-refractivity contribution in [3.8, 4) is 0 Å². The van der Waals surface area contributed by atoms with Crippen molar-refractivity contribution in [2.75, 3.05) is 20.3 Å². The molecule has 10 heteroatoms. The molecule has 0 saturated heterocycles. The summed E-state index contributed by atoms with van der Waals surface area (Å²) >= 11 is 5.68. The normalized spacial score (nSPS) is 12.5. The topological polar surface area (TPSA) is 122 Å². The second-order valence-corrected chi connectivity index (χ2v) is 6.63. The van der Waals surface area contributed by atoms with Gasteiger partial charge in [-0.2, -0.15) is 0 Å². The minimum atomic E-state index is -3.76. The lowest BCUT2D eigenvalue weighted by atomic mass is 10.3. The fourth-order valence-electron chi connectivity index (χ4n) is 1.58. The van der Waals surface area contributed by atoms with Crippen LogP contribution < -0.4 is 10.0 Å². The van der Waals surface area contributed by atoms with Gasteiger partial charge in [-0.15, -0.1) is 0 Å². The molecule has 0 saturated carbocycles. The molecule has 1 aromatic carbocycles. The highest BCUT2D eigenvalue weighted by Gasteiger charge is 2.20. The molecule has 0 bridgehead atoms. The first-order chi connectivity index (χ1) is 10.8. The predicted molar refractivity (Wildman–Crippen MR) is 82.3 cm³/mol. The molecule has 1 amide bonds. The summed E-state index contributed by atoms with van der Waals surface area (Å²) in [4.78, 5) is 22.8. The van der Waals surface area contributed by atoms with E-state index in [1.54, 1.807) is 0 Å². The fourth-order valence-corrected chi connectivity index (χ4v) is 2.74. The number of nitrogens with one attached hydrogen (secondary N) is 2. The fraction of sp³-hybridized carbons (Fsp3) is 0.385. The number of carbonyl (C=O) groups excluding carboxylic acids is 2. The van der Waals surface area contributed by atoms with Gasteiger partial charge >= 0.3 is 5.97 Å². The van der Waals surface area contributed by atoms with Crippen LogP contribution in [0, 0.1) is 0 Å². The summed E-state index contributed by atoms with van der Waals surface area (Å²) in [5.41, 5.74) is 0. The first-order valence-corrected chi connectivity index (χ1v) is 8.39. The Balaban J connectivity index is 2.51. The average Bonchev–Trinajstić information content (AvgIpc) is 2.52. The van der Waals surface area contributed by atoms with E-state index in [9.17, 15) is 18.0 Å². The average molecular weight is 365 g/mol. The third-order valence-corrected chi connectivity index (χ3v) is 4.50. The Morgan fingerprint density at radius 2 is 1.91 bits per heavy atom. The molecule has 8 nitrogen and oxygen atoms in total. The van der Waals surface area contributed by atoms with Crippen molar-refractivity contribution in [2.24, 2.45) is 0 Å². The summed E-state index contributed by atoms with van der Waals surface area (Å²) in [5.74, 6) is -1.39. The summed E-state index contributed by atoms with van der Waals surface area (Å²) in [6.45, 7) is -0.787. The van der Waals surface area contributed by atoms with Crippen LogP contribution >= 0.6 is 11.6 Å². The Morgan fingerprint density at radius 1 is 1.30 bits per heavy atom. The third kappa shape index (κ3) is 6.14. The van der Waals surface area contributed by atoms with Gasteiger partial charge in [-0.05, 0) is 24.3 Å². The van der Waals surface area contributed by atoms with Crippen molar-refractivity contribution in [1.29, 1.82) is 0 Å². The summed E-state index contributed by atoms with van der Waals surface area (Å²) in [5, 5.41) is 11.6. The van der Waals surface area contributed by atoms with Crippen molar-refractivity contribution in [3.05, 3.63) is 29.3 Å². The maximum atomic E-state index is 12.0. The number of halogens is 1. The highest BCUT2D eigenvalue weighted by molar-refractivity contribution is 7.89. The molecule has 0 unspecified atom stereocenters. The van der Waals surface area contributed by atoms with Gasteiger partial charge in [-0.25, -0.2) is 17.9 Å². The van der Waals surface area contributed by atoms with E-state index >= 15 is 0 Å². The monoisotopic (exact) mass is 364 g/mol. The Hall–Kier alpha value is -1.68. The van der Waals surface area contributed by atoms with Crippen LogP contribution in [0.3, 0.4) is 0 Å². The molecule has 0 aliphatic heterocycles. The van der Waals surface area contributed by atoms with E-state index in [1.807, 2.05) is 0 Å². The Morgan fingerprint density at radius 3 is 2.43 bits per heavy atom. The third-order valence-electron chi connectivity index (χ3n) is 2.77. The quantitative estimate of drug-likeness (QED) is 0.542. The number of rotatable bonds is 8. The number of aliphatic hydroxyl groups excluding tert-OH is 1. The zero-order valence-corrected chi connectivity index (χ0v) is 13.9. The molecular formula is C13H17ClN2O6S. The van der Waals surface area contributed by atoms with E-state index in [1.165, 1.54) is 24.3 Å². The molecule has 0 aromatic heterocycles. The number of aliphatic hydroxyl groups is 1. The molecule has 0 spiro atoms. The zero-order valence-electron chi connectivity index (χ0n) is 12.3. The highest BCUT2D eigenvalue weighted by atomic mass is 35.5. The first kappa shape index (κ1) is 19.4. The van der Waals surface area contributed by atoms with Crippen LogP contribution in [-0.2, 0) is 24.3 Å². The van der Waals surface area contributed by atoms with E-state index in [0.717, 1.165) is 7.11 Å². The van der Waals surface area contributed by atoms with E-state index < -0.39 is 34.5 Å². The minimum absolute atomic E-state index is 0.0186. The van der Waals surface area contributed by atoms with Gasteiger partial charge in [0.1, 0.15) is 0 Å². The number of amides is 1. The molecule has 0 heterocycles. The SMILES string of the molecule is COC(=O)[C@@H](CO)NC(=O)CCNS(=O)(=O)c1ccc(Cl)cc1. The molecular weight excluding hydrogens is 348 g/mol. The molecule has 23 heavy (non-hydrogen) atoms. The molecule has 1 aromatic rings. The summed E-state index contributed by atoms with van der Waals surface area (Å²) in [7, 11) is -2.63. The van der Waals surface area contributed by atoms with Gasteiger partial charge < -0.3 is 15.2 Å². The minimum Gasteiger partial charge on any atom is -0.467 e. The summed E-state index contributed by atoms with van der Waals surface area (Å²) < 4.78 is 30.6. The van der Waals surface area contributed by atoms with Gasteiger partial charge in [0, 0.05) is 18.0 Å². The number of methoxy groups -OCH3 is 1. The number of hydrogen-bond donors (Lipinski definition) is 3. The maximum Gasteiger partial charge on any atom is 0.330 e. The standard InChI is InChI=1S/C13H17ClN2O6S/c1-22-13(19)11(8-17)16-12(18)6-7-15-23(20,21)10-4-2-9(14)3-5-10/h2-5,11,15,17H,6-8H2,1H3,(H,16,18)/t11-/m1/s1. The lowest BCUT2D eigenvalue weighted by molar-refractivity contribution is -0.146. The van der Waals surface area contributed by atoms with Crippen LogP contribution in [0.1, 0.15) is 6.42 Å². The van der Waals surface area contributed by atoms with Crippen LogP contribution in [0.4, 0.5) is 0 Å². The molecule has 3 N–H and O–H groups in total. The van der Waals surface area contributed by atoms with Crippen molar-refractivity contribution in [2.45, 2.75) is 17.4 Å². The van der Waals surface area contributed by atoms with E-state index in [2.05, 4.69) is 14.8 Å². The van der Waals surface area contributed by atoms with Gasteiger partial charge in [-0.1, -0.05) is 11.6 Å². The maximum absolute atomic E-state index is 12.0. The highest BCUT2D eigenvalue weighted by Crippen LogP contribution is 2.13. The molecule has 0 fully saturated rings. The molecule has 0 aliphatic carbocycles. The Kier molecular flexibility index (Phi) is 7.43. The van der Waals surface area contributed by atoms with Crippen LogP contribution in [0.25, 0.3) is 0 Å². The number of esters is 1. The van der Waals surface area contributed by atoms with Crippen molar-refractivity contribution in [3.63, 3.8) is 0 Å². The molecule has 128 valence electrons.